The van der Waals surface area contributed by atoms with Crippen molar-refractivity contribution in [3.63, 3.8) is 0 Å². The van der Waals surface area contributed by atoms with Crippen LogP contribution >= 0.6 is 0 Å². The summed E-state index contributed by atoms with van der Waals surface area (Å²) in [4.78, 5) is 16.1. The molecule has 1 aromatic heterocycles. The summed E-state index contributed by atoms with van der Waals surface area (Å²) in [7, 11) is 1.76. The van der Waals surface area contributed by atoms with Crippen molar-refractivity contribution >= 4 is 11.9 Å². The SMILES string of the molecule is CCOCCC1(CNC(=NC)NCCNC(=O)c2ccco2)CCCC1. The molecule has 1 aliphatic rings. The molecule has 0 radical (unpaired) electrons. The number of furan rings is 1. The Bertz CT molecular complexity index is 551. The molecule has 2 rings (SSSR count). The highest BCUT2D eigenvalue weighted by atomic mass is 16.5. The normalized spacial score (nSPS) is 16.5. The van der Waals surface area contributed by atoms with Gasteiger partial charge in [0.15, 0.2) is 11.7 Å². The van der Waals surface area contributed by atoms with Gasteiger partial charge in [0.05, 0.1) is 6.26 Å². The number of hydrogen-bond donors (Lipinski definition) is 3. The standard InChI is InChI=1S/C19H32N4O3/c1-3-25-14-10-19(8-4-5-9-19)15-23-18(20-2)22-12-11-21-17(24)16-7-6-13-26-16/h6-7,13H,3-5,8-12,14-15H2,1-2H3,(H,21,24)(H2,20,22,23). The minimum Gasteiger partial charge on any atom is -0.459 e. The molecule has 1 saturated carbocycles. The first-order chi connectivity index (χ1) is 12.7. The molecule has 0 spiro atoms. The Labute approximate surface area is 156 Å². The summed E-state index contributed by atoms with van der Waals surface area (Å²) in [5.74, 6) is 0.880. The molecule has 0 aliphatic heterocycles. The minimum absolute atomic E-state index is 0.208. The number of ether oxygens (including phenoxy) is 1. The van der Waals surface area contributed by atoms with Crippen LogP contribution in [0, 0.1) is 5.41 Å². The van der Waals surface area contributed by atoms with Crippen LogP contribution in [0.15, 0.2) is 27.8 Å². The van der Waals surface area contributed by atoms with E-state index in [0.717, 1.165) is 32.1 Å². The van der Waals surface area contributed by atoms with Crippen molar-refractivity contribution in [3.8, 4) is 0 Å². The Kier molecular flexibility index (Phi) is 8.47. The van der Waals surface area contributed by atoms with Crippen LogP contribution in [0.2, 0.25) is 0 Å². The van der Waals surface area contributed by atoms with Crippen molar-refractivity contribution in [2.45, 2.75) is 39.0 Å². The maximum absolute atomic E-state index is 11.8. The van der Waals surface area contributed by atoms with Crippen LogP contribution in [-0.2, 0) is 4.74 Å². The topological polar surface area (TPSA) is 87.9 Å². The molecular formula is C19H32N4O3. The quantitative estimate of drug-likeness (QED) is 0.336. The van der Waals surface area contributed by atoms with Gasteiger partial charge in [0.2, 0.25) is 0 Å². The van der Waals surface area contributed by atoms with E-state index in [1.54, 1.807) is 19.2 Å². The number of aliphatic imine (C=N–C) groups is 1. The molecule has 7 nitrogen and oxygen atoms in total. The van der Waals surface area contributed by atoms with Crippen LogP contribution in [0.3, 0.4) is 0 Å². The largest absolute Gasteiger partial charge is 0.459 e. The zero-order chi connectivity index (χ0) is 18.7. The summed E-state index contributed by atoms with van der Waals surface area (Å²) in [5, 5.41) is 9.50. The second kappa shape index (κ2) is 10.9. The molecule has 0 bridgehead atoms. The molecule has 7 heteroatoms. The van der Waals surface area contributed by atoms with Crippen LogP contribution < -0.4 is 16.0 Å². The maximum Gasteiger partial charge on any atom is 0.287 e. The first-order valence-electron chi connectivity index (χ1n) is 9.53. The van der Waals surface area contributed by atoms with Gasteiger partial charge in [0, 0.05) is 39.9 Å². The fourth-order valence-electron chi connectivity index (χ4n) is 3.42. The lowest BCUT2D eigenvalue weighted by molar-refractivity contribution is 0.0926. The van der Waals surface area contributed by atoms with Crippen LogP contribution in [0.25, 0.3) is 0 Å². The molecule has 1 aliphatic carbocycles. The number of guanidine groups is 1. The van der Waals surface area contributed by atoms with Gasteiger partial charge in [0.25, 0.3) is 5.91 Å². The third-order valence-corrected chi connectivity index (χ3v) is 4.95. The minimum atomic E-state index is -0.208. The lowest BCUT2D eigenvalue weighted by Gasteiger charge is -2.30. The van der Waals surface area contributed by atoms with Gasteiger partial charge in [-0.15, -0.1) is 0 Å². The Hall–Kier alpha value is -2.02. The summed E-state index contributed by atoms with van der Waals surface area (Å²) in [6, 6.07) is 3.34. The highest BCUT2D eigenvalue weighted by Gasteiger charge is 2.33. The molecule has 1 amide bonds. The van der Waals surface area contributed by atoms with E-state index in [9.17, 15) is 4.79 Å². The van der Waals surface area contributed by atoms with Crippen molar-refractivity contribution in [1.82, 2.24) is 16.0 Å². The molecular weight excluding hydrogens is 332 g/mol. The van der Waals surface area contributed by atoms with E-state index in [2.05, 4.69) is 20.9 Å². The number of nitrogens with one attached hydrogen (secondary N) is 3. The Morgan fingerprint density at radius 1 is 1.27 bits per heavy atom. The molecule has 1 fully saturated rings. The van der Waals surface area contributed by atoms with E-state index in [0.29, 0.717) is 24.3 Å². The zero-order valence-electron chi connectivity index (χ0n) is 16.0. The van der Waals surface area contributed by atoms with Crippen molar-refractivity contribution in [3.05, 3.63) is 24.2 Å². The number of hydrogen-bond acceptors (Lipinski definition) is 4. The molecule has 26 heavy (non-hydrogen) atoms. The predicted molar refractivity (Wildman–Crippen MR) is 102 cm³/mol. The summed E-state index contributed by atoms with van der Waals surface area (Å²) in [6.07, 6.45) is 7.64. The number of carbonyl (C=O) groups is 1. The first kappa shape index (κ1) is 20.3. The van der Waals surface area contributed by atoms with E-state index < -0.39 is 0 Å². The monoisotopic (exact) mass is 364 g/mol. The van der Waals surface area contributed by atoms with E-state index >= 15 is 0 Å². The van der Waals surface area contributed by atoms with Gasteiger partial charge in [-0.3, -0.25) is 9.79 Å². The predicted octanol–water partition coefficient (Wildman–Crippen LogP) is 2.16. The maximum atomic E-state index is 11.8. The number of carbonyl (C=O) groups excluding carboxylic acids is 1. The third kappa shape index (κ3) is 6.37. The van der Waals surface area contributed by atoms with Gasteiger partial charge < -0.3 is 25.1 Å². The smallest absolute Gasteiger partial charge is 0.287 e. The van der Waals surface area contributed by atoms with Gasteiger partial charge >= 0.3 is 0 Å². The second-order valence-electron chi connectivity index (χ2n) is 6.74. The van der Waals surface area contributed by atoms with Gasteiger partial charge in [-0.2, -0.15) is 0 Å². The van der Waals surface area contributed by atoms with Crippen molar-refractivity contribution in [1.29, 1.82) is 0 Å². The molecule has 0 unspecified atom stereocenters. The molecule has 1 aromatic rings. The number of nitrogens with zero attached hydrogens (tertiary/aromatic N) is 1. The van der Waals surface area contributed by atoms with Gasteiger partial charge in [0.1, 0.15) is 0 Å². The molecule has 3 N–H and O–H groups in total. The van der Waals surface area contributed by atoms with Crippen LogP contribution in [0.5, 0.6) is 0 Å². The highest BCUT2D eigenvalue weighted by Crippen LogP contribution is 2.40. The van der Waals surface area contributed by atoms with Crippen LogP contribution in [0.4, 0.5) is 0 Å². The van der Waals surface area contributed by atoms with Gasteiger partial charge in [-0.05, 0) is 43.7 Å². The number of amides is 1. The molecule has 0 atom stereocenters. The fourth-order valence-corrected chi connectivity index (χ4v) is 3.42. The summed E-state index contributed by atoms with van der Waals surface area (Å²) < 4.78 is 10.6. The van der Waals surface area contributed by atoms with Gasteiger partial charge in [-0.1, -0.05) is 12.8 Å². The van der Waals surface area contributed by atoms with Crippen molar-refractivity contribution in [2.75, 3.05) is 39.9 Å². The van der Waals surface area contributed by atoms with Crippen molar-refractivity contribution in [2.24, 2.45) is 10.4 Å². The molecule has 146 valence electrons. The number of rotatable bonds is 10. The first-order valence-corrected chi connectivity index (χ1v) is 9.53. The van der Waals surface area contributed by atoms with Crippen molar-refractivity contribution < 1.29 is 13.9 Å². The summed E-state index contributed by atoms with van der Waals surface area (Å²) in [5.41, 5.74) is 0.306. The van der Waals surface area contributed by atoms with Crippen LogP contribution in [0.1, 0.15) is 49.6 Å². The lowest BCUT2D eigenvalue weighted by Crippen LogP contribution is -2.45. The average Bonchev–Trinajstić information content (AvgIpc) is 3.34. The van der Waals surface area contributed by atoms with E-state index in [1.807, 2.05) is 6.92 Å². The third-order valence-electron chi connectivity index (χ3n) is 4.95. The average molecular weight is 364 g/mol. The molecule has 0 saturated heterocycles. The van der Waals surface area contributed by atoms with Crippen LogP contribution in [-0.4, -0.2) is 51.8 Å². The Morgan fingerprint density at radius 3 is 2.69 bits per heavy atom. The summed E-state index contributed by atoms with van der Waals surface area (Å²) in [6.45, 7) is 5.63. The van der Waals surface area contributed by atoms with E-state index in [4.69, 9.17) is 9.15 Å². The molecule has 1 heterocycles. The highest BCUT2D eigenvalue weighted by molar-refractivity contribution is 5.91. The van der Waals surface area contributed by atoms with E-state index in [-0.39, 0.29) is 5.91 Å². The Morgan fingerprint density at radius 2 is 2.04 bits per heavy atom. The Balaban J connectivity index is 1.68. The zero-order valence-corrected chi connectivity index (χ0v) is 16.0. The van der Waals surface area contributed by atoms with E-state index in [1.165, 1.54) is 31.9 Å². The lowest BCUT2D eigenvalue weighted by atomic mass is 9.83. The summed E-state index contributed by atoms with van der Waals surface area (Å²) >= 11 is 0. The molecule has 0 aromatic carbocycles. The second-order valence-corrected chi connectivity index (χ2v) is 6.74. The van der Waals surface area contributed by atoms with Gasteiger partial charge in [-0.25, -0.2) is 0 Å². The fraction of sp³-hybridized carbons (Fsp3) is 0.684.